The topological polar surface area (TPSA) is 72.0 Å². The predicted molar refractivity (Wildman–Crippen MR) is 72.4 cm³/mol. The van der Waals surface area contributed by atoms with Gasteiger partial charge in [-0.05, 0) is 37.6 Å². The molecule has 18 heavy (non-hydrogen) atoms. The molecule has 0 saturated carbocycles. The lowest BCUT2D eigenvalue weighted by Gasteiger charge is -2.08. The van der Waals surface area contributed by atoms with Crippen LogP contribution in [0.15, 0.2) is 36.4 Å². The zero-order valence-electron chi connectivity index (χ0n) is 10.4. The summed E-state index contributed by atoms with van der Waals surface area (Å²) >= 11 is 0. The third-order valence-electron chi connectivity index (χ3n) is 2.47. The van der Waals surface area contributed by atoms with E-state index in [0.717, 1.165) is 11.3 Å². The second-order valence-corrected chi connectivity index (χ2v) is 4.13. The molecule has 0 fully saturated rings. The van der Waals surface area contributed by atoms with Crippen LogP contribution < -0.4 is 10.5 Å². The number of benzene rings is 1. The van der Waals surface area contributed by atoms with Crippen molar-refractivity contribution >= 4 is 11.4 Å². The first kappa shape index (κ1) is 12.1. The lowest BCUT2D eigenvalue weighted by atomic mass is 10.2. The van der Waals surface area contributed by atoms with Crippen LogP contribution in [-0.4, -0.2) is 10.7 Å². The fourth-order valence-corrected chi connectivity index (χ4v) is 1.61. The summed E-state index contributed by atoms with van der Waals surface area (Å²) in [6.45, 7) is 3.64. The minimum atomic E-state index is 0.321. The molecule has 1 heterocycles. The van der Waals surface area contributed by atoms with E-state index in [0.29, 0.717) is 23.0 Å². The van der Waals surface area contributed by atoms with Crippen molar-refractivity contribution in [2.45, 2.75) is 13.8 Å². The Morgan fingerprint density at radius 1 is 1.28 bits per heavy atom. The van der Waals surface area contributed by atoms with Crippen molar-refractivity contribution < 1.29 is 4.74 Å². The summed E-state index contributed by atoms with van der Waals surface area (Å²) in [7, 11) is 0. The minimum Gasteiger partial charge on any atom is -0.439 e. The zero-order chi connectivity index (χ0) is 13.1. The predicted octanol–water partition coefficient (Wildman–Crippen LogP) is 3.15. The van der Waals surface area contributed by atoms with Gasteiger partial charge in [-0.15, -0.1) is 0 Å². The van der Waals surface area contributed by atoms with Crippen LogP contribution in [0.3, 0.4) is 0 Å². The number of nitrogens with one attached hydrogen (secondary N) is 1. The average Bonchev–Trinajstić information content (AvgIpc) is 2.31. The molecule has 0 atom stereocenters. The van der Waals surface area contributed by atoms with Gasteiger partial charge in [0.05, 0.1) is 11.4 Å². The molecule has 1 aromatic carbocycles. The number of nitrogen functional groups attached to an aromatic ring is 1. The molecule has 0 radical (unpaired) electrons. The molecule has 0 aliphatic heterocycles. The quantitative estimate of drug-likeness (QED) is 0.811. The summed E-state index contributed by atoms with van der Waals surface area (Å²) < 4.78 is 5.64. The molecule has 0 bridgehead atoms. The molecule has 4 nitrogen and oxygen atoms in total. The normalized spacial score (nSPS) is 10.1. The van der Waals surface area contributed by atoms with Gasteiger partial charge >= 0.3 is 0 Å². The molecule has 0 aliphatic rings. The van der Waals surface area contributed by atoms with E-state index in [1.807, 2.05) is 31.2 Å². The second kappa shape index (κ2) is 4.87. The molecular formula is C14H15N3O. The number of nitrogens with two attached hydrogens (primary N) is 1. The lowest BCUT2D eigenvalue weighted by Crippen LogP contribution is -2.03. The summed E-state index contributed by atoms with van der Waals surface area (Å²) in [5.74, 6) is 1.16. The Labute approximate surface area is 106 Å². The highest BCUT2D eigenvalue weighted by Crippen LogP contribution is 2.22. The fourth-order valence-electron chi connectivity index (χ4n) is 1.61. The van der Waals surface area contributed by atoms with Crippen LogP contribution in [0, 0.1) is 12.3 Å². The van der Waals surface area contributed by atoms with Crippen molar-refractivity contribution in [2.24, 2.45) is 0 Å². The van der Waals surface area contributed by atoms with Crippen molar-refractivity contribution in [3.63, 3.8) is 0 Å². The van der Waals surface area contributed by atoms with Gasteiger partial charge in [-0.3, -0.25) is 0 Å². The summed E-state index contributed by atoms with van der Waals surface area (Å²) in [6, 6.07) is 11.1. The summed E-state index contributed by atoms with van der Waals surface area (Å²) in [6.07, 6.45) is 0. The van der Waals surface area contributed by atoms with Gasteiger partial charge in [0.2, 0.25) is 5.88 Å². The molecule has 0 spiro atoms. The van der Waals surface area contributed by atoms with Gasteiger partial charge < -0.3 is 15.9 Å². The van der Waals surface area contributed by atoms with E-state index in [2.05, 4.69) is 4.98 Å². The minimum absolute atomic E-state index is 0.321. The summed E-state index contributed by atoms with van der Waals surface area (Å²) in [4.78, 5) is 4.22. The number of nitrogens with zero attached hydrogens (tertiary/aromatic N) is 1. The SMILES string of the molecule is CC(=N)c1nc(Oc2cccc(C)c2)ccc1N. The highest BCUT2D eigenvalue weighted by atomic mass is 16.5. The molecule has 1 aromatic heterocycles. The van der Waals surface area contributed by atoms with E-state index in [1.54, 1.807) is 19.1 Å². The fraction of sp³-hybridized carbons (Fsp3) is 0.143. The molecule has 92 valence electrons. The average molecular weight is 241 g/mol. The monoisotopic (exact) mass is 241 g/mol. The van der Waals surface area contributed by atoms with Gasteiger partial charge in [0.1, 0.15) is 11.4 Å². The van der Waals surface area contributed by atoms with E-state index in [4.69, 9.17) is 15.9 Å². The Hall–Kier alpha value is -2.36. The highest BCUT2D eigenvalue weighted by molar-refractivity contribution is 5.99. The van der Waals surface area contributed by atoms with Crippen molar-refractivity contribution in [1.82, 2.24) is 4.98 Å². The van der Waals surface area contributed by atoms with E-state index in [9.17, 15) is 0 Å². The van der Waals surface area contributed by atoms with E-state index in [-0.39, 0.29) is 0 Å². The second-order valence-electron chi connectivity index (χ2n) is 4.13. The molecule has 0 amide bonds. The smallest absolute Gasteiger partial charge is 0.219 e. The number of aryl methyl sites for hydroxylation is 1. The maximum Gasteiger partial charge on any atom is 0.219 e. The first-order valence-corrected chi connectivity index (χ1v) is 5.63. The molecule has 2 aromatic rings. The molecule has 4 heteroatoms. The van der Waals surface area contributed by atoms with Crippen LogP contribution in [0.2, 0.25) is 0 Å². The third kappa shape index (κ3) is 2.66. The zero-order valence-corrected chi connectivity index (χ0v) is 10.4. The molecule has 3 N–H and O–H groups in total. The van der Waals surface area contributed by atoms with Crippen LogP contribution in [0.25, 0.3) is 0 Å². The van der Waals surface area contributed by atoms with Crippen LogP contribution in [0.5, 0.6) is 11.6 Å². The number of aromatic nitrogens is 1. The van der Waals surface area contributed by atoms with Gasteiger partial charge in [-0.25, -0.2) is 4.98 Å². The van der Waals surface area contributed by atoms with Gasteiger partial charge in [0.15, 0.2) is 0 Å². The van der Waals surface area contributed by atoms with Gasteiger partial charge in [0.25, 0.3) is 0 Å². The van der Waals surface area contributed by atoms with Crippen LogP contribution in [0.4, 0.5) is 5.69 Å². The van der Waals surface area contributed by atoms with Crippen LogP contribution in [-0.2, 0) is 0 Å². The standard InChI is InChI=1S/C14H15N3O/c1-9-4-3-5-11(8-9)18-13-7-6-12(16)14(17-13)10(2)15/h3-8,15H,16H2,1-2H3. The highest BCUT2D eigenvalue weighted by Gasteiger charge is 2.06. The van der Waals surface area contributed by atoms with E-state index >= 15 is 0 Å². The first-order valence-electron chi connectivity index (χ1n) is 5.63. The Morgan fingerprint density at radius 3 is 2.72 bits per heavy atom. The van der Waals surface area contributed by atoms with Crippen molar-refractivity contribution in [3.05, 3.63) is 47.7 Å². The van der Waals surface area contributed by atoms with Crippen LogP contribution in [0.1, 0.15) is 18.2 Å². The Kier molecular flexibility index (Phi) is 3.28. The number of hydrogen-bond acceptors (Lipinski definition) is 4. The molecule has 0 aliphatic carbocycles. The number of anilines is 1. The molecule has 2 rings (SSSR count). The van der Waals surface area contributed by atoms with Crippen LogP contribution >= 0.6 is 0 Å². The van der Waals surface area contributed by atoms with E-state index in [1.165, 1.54) is 0 Å². The number of ether oxygens (including phenoxy) is 1. The first-order chi connectivity index (χ1) is 8.56. The Bertz CT molecular complexity index is 593. The summed E-state index contributed by atoms with van der Waals surface area (Å²) in [5, 5.41) is 7.59. The number of rotatable bonds is 3. The third-order valence-corrected chi connectivity index (χ3v) is 2.47. The maximum atomic E-state index is 7.59. The van der Waals surface area contributed by atoms with Crippen molar-refractivity contribution in [2.75, 3.05) is 5.73 Å². The summed E-state index contributed by atoms with van der Waals surface area (Å²) in [5.41, 5.74) is 8.13. The number of pyridine rings is 1. The van der Waals surface area contributed by atoms with E-state index < -0.39 is 0 Å². The Balaban J connectivity index is 2.30. The molecule has 0 saturated heterocycles. The Morgan fingerprint density at radius 2 is 2.06 bits per heavy atom. The number of hydrogen-bond donors (Lipinski definition) is 2. The van der Waals surface area contributed by atoms with Crippen molar-refractivity contribution in [1.29, 1.82) is 5.41 Å². The van der Waals surface area contributed by atoms with Crippen molar-refractivity contribution in [3.8, 4) is 11.6 Å². The van der Waals surface area contributed by atoms with Gasteiger partial charge in [-0.1, -0.05) is 12.1 Å². The molecule has 0 unspecified atom stereocenters. The molecular weight excluding hydrogens is 226 g/mol. The maximum absolute atomic E-state index is 7.59. The largest absolute Gasteiger partial charge is 0.439 e. The lowest BCUT2D eigenvalue weighted by molar-refractivity contribution is 0.462. The van der Waals surface area contributed by atoms with Gasteiger partial charge in [-0.2, -0.15) is 0 Å². The van der Waals surface area contributed by atoms with Gasteiger partial charge in [0, 0.05) is 6.07 Å².